The van der Waals surface area contributed by atoms with E-state index in [-0.39, 0.29) is 5.56 Å². The first-order valence-electron chi connectivity index (χ1n) is 7.77. The van der Waals surface area contributed by atoms with Crippen molar-refractivity contribution in [2.75, 3.05) is 11.9 Å². The van der Waals surface area contributed by atoms with E-state index in [1.54, 1.807) is 17.0 Å². The van der Waals surface area contributed by atoms with E-state index in [1.165, 1.54) is 0 Å². The summed E-state index contributed by atoms with van der Waals surface area (Å²) in [6, 6.07) is 11.8. The lowest BCUT2D eigenvalue weighted by molar-refractivity contribution is 0.683. The lowest BCUT2D eigenvalue weighted by Gasteiger charge is -2.14. The number of rotatable bonds is 5. The van der Waals surface area contributed by atoms with Crippen molar-refractivity contribution >= 4 is 16.9 Å². The van der Waals surface area contributed by atoms with Gasteiger partial charge in [0, 0.05) is 12.7 Å². The van der Waals surface area contributed by atoms with E-state index in [9.17, 15) is 4.79 Å². The lowest BCUT2D eigenvalue weighted by atomic mass is 10.2. The number of nitrogens with zero attached hydrogens (tertiary/aromatic N) is 3. The van der Waals surface area contributed by atoms with Crippen molar-refractivity contribution < 1.29 is 0 Å². The zero-order chi connectivity index (χ0) is 16.2. The lowest BCUT2D eigenvalue weighted by Crippen LogP contribution is -2.27. The molecule has 0 atom stereocenters. The molecule has 3 aromatic rings. The van der Waals surface area contributed by atoms with Gasteiger partial charge in [-0.05, 0) is 17.5 Å². The Morgan fingerprint density at radius 3 is 2.70 bits per heavy atom. The van der Waals surface area contributed by atoms with Crippen LogP contribution in [0.5, 0.6) is 0 Å². The van der Waals surface area contributed by atoms with E-state index in [1.807, 2.05) is 36.4 Å². The highest BCUT2D eigenvalue weighted by Gasteiger charge is 2.11. The molecule has 118 valence electrons. The SMILES string of the molecule is CC(C)CNc1nc2ccncc2n(Cc2ccccc2)c1=O. The Hall–Kier alpha value is -2.69. The average Bonchev–Trinajstić information content (AvgIpc) is 2.57. The van der Waals surface area contributed by atoms with Crippen LogP contribution in [0.15, 0.2) is 53.6 Å². The Balaban J connectivity index is 2.09. The van der Waals surface area contributed by atoms with Crippen LogP contribution in [-0.2, 0) is 6.54 Å². The number of fused-ring (bicyclic) bond motifs is 1. The molecule has 0 spiro atoms. The van der Waals surface area contributed by atoms with Gasteiger partial charge in [-0.3, -0.25) is 14.3 Å². The molecule has 5 heteroatoms. The first-order chi connectivity index (χ1) is 11.1. The van der Waals surface area contributed by atoms with Crippen molar-refractivity contribution in [2.24, 2.45) is 5.92 Å². The first-order valence-corrected chi connectivity index (χ1v) is 7.77. The van der Waals surface area contributed by atoms with Gasteiger partial charge in [0.05, 0.1) is 23.8 Å². The van der Waals surface area contributed by atoms with Crippen LogP contribution in [0.4, 0.5) is 5.82 Å². The van der Waals surface area contributed by atoms with E-state index in [4.69, 9.17) is 0 Å². The van der Waals surface area contributed by atoms with E-state index >= 15 is 0 Å². The van der Waals surface area contributed by atoms with Crippen LogP contribution in [-0.4, -0.2) is 21.1 Å². The van der Waals surface area contributed by atoms with Crippen molar-refractivity contribution in [1.29, 1.82) is 0 Å². The number of benzene rings is 1. The van der Waals surface area contributed by atoms with Crippen LogP contribution in [0.3, 0.4) is 0 Å². The Labute approximate surface area is 135 Å². The molecule has 0 fully saturated rings. The molecule has 2 heterocycles. The maximum Gasteiger partial charge on any atom is 0.294 e. The molecule has 0 aliphatic carbocycles. The Kier molecular flexibility index (Phi) is 4.37. The Morgan fingerprint density at radius 1 is 1.17 bits per heavy atom. The van der Waals surface area contributed by atoms with Crippen LogP contribution in [0.25, 0.3) is 11.0 Å². The molecule has 5 nitrogen and oxygen atoms in total. The second-order valence-corrected chi connectivity index (χ2v) is 5.98. The van der Waals surface area contributed by atoms with Crippen molar-refractivity contribution in [3.8, 4) is 0 Å². The molecule has 2 aromatic heterocycles. The van der Waals surface area contributed by atoms with Crippen LogP contribution >= 0.6 is 0 Å². The van der Waals surface area contributed by atoms with Crippen molar-refractivity contribution in [2.45, 2.75) is 20.4 Å². The molecule has 1 aromatic carbocycles. The van der Waals surface area contributed by atoms with Crippen LogP contribution in [0.2, 0.25) is 0 Å². The van der Waals surface area contributed by atoms with Gasteiger partial charge in [0.25, 0.3) is 5.56 Å². The van der Waals surface area contributed by atoms with E-state index in [0.717, 1.165) is 16.6 Å². The summed E-state index contributed by atoms with van der Waals surface area (Å²) in [4.78, 5) is 21.4. The minimum Gasteiger partial charge on any atom is -0.365 e. The fourth-order valence-electron chi connectivity index (χ4n) is 2.43. The number of hydrogen-bond donors (Lipinski definition) is 1. The number of pyridine rings is 1. The molecule has 0 unspecified atom stereocenters. The maximum atomic E-state index is 12.8. The standard InChI is InChI=1S/C18H20N4O/c1-13(2)10-20-17-18(23)22(12-14-6-4-3-5-7-14)16-11-19-9-8-15(16)21-17/h3-9,11,13H,10,12H2,1-2H3,(H,20,21). The molecule has 0 amide bonds. The van der Waals surface area contributed by atoms with E-state index in [0.29, 0.717) is 24.8 Å². The smallest absolute Gasteiger partial charge is 0.294 e. The van der Waals surface area contributed by atoms with Gasteiger partial charge in [0.2, 0.25) is 0 Å². The molecule has 0 bridgehead atoms. The van der Waals surface area contributed by atoms with Gasteiger partial charge in [-0.1, -0.05) is 44.2 Å². The largest absolute Gasteiger partial charge is 0.365 e. The molecule has 0 radical (unpaired) electrons. The summed E-state index contributed by atoms with van der Waals surface area (Å²) in [6.45, 7) is 5.41. The first kappa shape index (κ1) is 15.2. The quantitative estimate of drug-likeness (QED) is 0.787. The van der Waals surface area contributed by atoms with Gasteiger partial charge < -0.3 is 5.32 Å². The van der Waals surface area contributed by atoms with E-state index < -0.39 is 0 Å². The summed E-state index contributed by atoms with van der Waals surface area (Å²) in [5.74, 6) is 0.834. The van der Waals surface area contributed by atoms with Gasteiger partial charge in [0.1, 0.15) is 0 Å². The third-order valence-electron chi connectivity index (χ3n) is 3.61. The number of nitrogens with one attached hydrogen (secondary N) is 1. The van der Waals surface area contributed by atoms with Gasteiger partial charge in [0.15, 0.2) is 5.82 Å². The Morgan fingerprint density at radius 2 is 1.96 bits per heavy atom. The predicted molar refractivity (Wildman–Crippen MR) is 92.7 cm³/mol. The monoisotopic (exact) mass is 308 g/mol. The fraction of sp³-hybridized carbons (Fsp3) is 0.278. The topological polar surface area (TPSA) is 59.8 Å². The fourth-order valence-corrected chi connectivity index (χ4v) is 2.43. The molecular weight excluding hydrogens is 288 g/mol. The minimum atomic E-state index is -0.116. The molecule has 0 saturated carbocycles. The summed E-state index contributed by atoms with van der Waals surface area (Å²) in [6.07, 6.45) is 3.39. The zero-order valence-electron chi connectivity index (χ0n) is 13.4. The normalized spacial score (nSPS) is 11.1. The van der Waals surface area contributed by atoms with Crippen LogP contribution in [0, 0.1) is 5.92 Å². The number of hydrogen-bond acceptors (Lipinski definition) is 4. The Bertz CT molecular complexity index is 856. The number of aromatic nitrogens is 3. The number of anilines is 1. The summed E-state index contributed by atoms with van der Waals surface area (Å²) >= 11 is 0. The van der Waals surface area contributed by atoms with Gasteiger partial charge in [-0.25, -0.2) is 4.98 Å². The summed E-state index contributed by atoms with van der Waals surface area (Å²) < 4.78 is 1.73. The second kappa shape index (κ2) is 6.60. The highest BCUT2D eigenvalue weighted by Crippen LogP contribution is 2.13. The van der Waals surface area contributed by atoms with Gasteiger partial charge in [-0.15, -0.1) is 0 Å². The molecular formula is C18H20N4O. The third kappa shape index (κ3) is 3.39. The van der Waals surface area contributed by atoms with Crippen LogP contribution < -0.4 is 10.9 Å². The molecule has 23 heavy (non-hydrogen) atoms. The van der Waals surface area contributed by atoms with Crippen molar-refractivity contribution in [3.63, 3.8) is 0 Å². The highest BCUT2D eigenvalue weighted by molar-refractivity contribution is 5.75. The predicted octanol–water partition coefficient (Wildman–Crippen LogP) is 2.91. The second-order valence-electron chi connectivity index (χ2n) is 5.98. The molecule has 1 N–H and O–H groups in total. The third-order valence-corrected chi connectivity index (χ3v) is 3.61. The molecule has 3 rings (SSSR count). The van der Waals surface area contributed by atoms with E-state index in [2.05, 4.69) is 29.1 Å². The minimum absolute atomic E-state index is 0.116. The highest BCUT2D eigenvalue weighted by atomic mass is 16.1. The van der Waals surface area contributed by atoms with Gasteiger partial charge >= 0.3 is 0 Å². The summed E-state index contributed by atoms with van der Waals surface area (Å²) in [5.41, 5.74) is 2.47. The van der Waals surface area contributed by atoms with Crippen molar-refractivity contribution in [1.82, 2.24) is 14.5 Å². The van der Waals surface area contributed by atoms with Gasteiger partial charge in [-0.2, -0.15) is 0 Å². The molecule has 0 saturated heterocycles. The van der Waals surface area contributed by atoms with Crippen LogP contribution in [0.1, 0.15) is 19.4 Å². The molecule has 0 aliphatic rings. The summed E-state index contributed by atoms with van der Waals surface area (Å²) in [5, 5.41) is 3.17. The average molecular weight is 308 g/mol. The summed E-state index contributed by atoms with van der Waals surface area (Å²) in [7, 11) is 0. The maximum absolute atomic E-state index is 12.8. The van der Waals surface area contributed by atoms with Crippen molar-refractivity contribution in [3.05, 3.63) is 64.7 Å². The molecule has 0 aliphatic heterocycles. The zero-order valence-corrected chi connectivity index (χ0v) is 13.4.